The van der Waals surface area contributed by atoms with E-state index in [1.807, 2.05) is 0 Å². The number of hydrogen-bond donors (Lipinski definition) is 1. The molecule has 0 saturated heterocycles. The third-order valence-electron chi connectivity index (χ3n) is 1.97. The van der Waals surface area contributed by atoms with Gasteiger partial charge in [0.05, 0.1) is 11.9 Å². The summed E-state index contributed by atoms with van der Waals surface area (Å²) in [6.07, 6.45) is 2.74. The fourth-order valence-corrected chi connectivity index (χ4v) is 1.43. The smallest absolute Gasteiger partial charge is 0.255 e. The van der Waals surface area contributed by atoms with Gasteiger partial charge in [0.15, 0.2) is 0 Å². The standard InChI is InChI=1S/C11H7BrFN3O/c12-9-2-1-8(6-15-9)16-11(17)7-3-4-14-10(13)5-7/h1-6H,(H,16,17). The molecule has 0 aromatic carbocycles. The molecule has 2 heterocycles. The Bertz CT molecular complexity index is 545. The van der Waals surface area contributed by atoms with Crippen LogP contribution in [-0.4, -0.2) is 15.9 Å². The summed E-state index contributed by atoms with van der Waals surface area (Å²) in [6, 6.07) is 5.89. The zero-order valence-electron chi connectivity index (χ0n) is 8.52. The maximum Gasteiger partial charge on any atom is 0.255 e. The van der Waals surface area contributed by atoms with Crippen LogP contribution in [-0.2, 0) is 0 Å². The molecule has 0 unspecified atom stereocenters. The topological polar surface area (TPSA) is 54.9 Å². The molecule has 0 bridgehead atoms. The molecule has 0 atom stereocenters. The normalized spacial score (nSPS) is 10.0. The van der Waals surface area contributed by atoms with Gasteiger partial charge in [-0.1, -0.05) is 0 Å². The highest BCUT2D eigenvalue weighted by atomic mass is 79.9. The Morgan fingerprint density at radius 2 is 2.12 bits per heavy atom. The second-order valence-electron chi connectivity index (χ2n) is 3.19. The molecular weight excluding hydrogens is 289 g/mol. The summed E-state index contributed by atoms with van der Waals surface area (Å²) in [5.41, 5.74) is 0.746. The maximum atomic E-state index is 12.8. The van der Waals surface area contributed by atoms with Crippen molar-refractivity contribution in [3.05, 3.63) is 52.8 Å². The van der Waals surface area contributed by atoms with Gasteiger partial charge in [0.25, 0.3) is 5.91 Å². The van der Waals surface area contributed by atoms with Gasteiger partial charge in [0, 0.05) is 17.8 Å². The summed E-state index contributed by atoms with van der Waals surface area (Å²) in [7, 11) is 0. The molecule has 0 aliphatic carbocycles. The summed E-state index contributed by atoms with van der Waals surface area (Å²) in [5.74, 6) is -1.10. The van der Waals surface area contributed by atoms with E-state index in [2.05, 4.69) is 31.2 Å². The summed E-state index contributed by atoms with van der Waals surface area (Å²) in [6.45, 7) is 0. The molecule has 2 aromatic rings. The lowest BCUT2D eigenvalue weighted by atomic mass is 10.2. The second-order valence-corrected chi connectivity index (χ2v) is 4.00. The van der Waals surface area contributed by atoms with Gasteiger partial charge in [-0.2, -0.15) is 4.39 Å². The van der Waals surface area contributed by atoms with Gasteiger partial charge in [-0.15, -0.1) is 0 Å². The maximum absolute atomic E-state index is 12.8. The minimum atomic E-state index is -0.688. The monoisotopic (exact) mass is 295 g/mol. The minimum absolute atomic E-state index is 0.209. The molecular formula is C11H7BrFN3O. The fourth-order valence-electron chi connectivity index (χ4n) is 1.20. The molecule has 6 heteroatoms. The molecule has 86 valence electrons. The molecule has 1 N–H and O–H groups in total. The van der Waals surface area contributed by atoms with Crippen LogP contribution >= 0.6 is 15.9 Å². The van der Waals surface area contributed by atoms with E-state index in [0.717, 1.165) is 6.07 Å². The number of pyridine rings is 2. The van der Waals surface area contributed by atoms with Crippen LogP contribution in [0.2, 0.25) is 0 Å². The average molecular weight is 296 g/mol. The lowest BCUT2D eigenvalue weighted by Crippen LogP contribution is -2.12. The van der Waals surface area contributed by atoms with Crippen molar-refractivity contribution in [3.63, 3.8) is 0 Å². The van der Waals surface area contributed by atoms with E-state index in [1.54, 1.807) is 12.1 Å². The van der Waals surface area contributed by atoms with Gasteiger partial charge in [0.1, 0.15) is 4.60 Å². The van der Waals surface area contributed by atoms with Gasteiger partial charge in [0.2, 0.25) is 5.95 Å². The number of hydrogen-bond acceptors (Lipinski definition) is 3. The number of carbonyl (C=O) groups is 1. The van der Waals surface area contributed by atoms with Crippen LogP contribution in [0.4, 0.5) is 10.1 Å². The highest BCUT2D eigenvalue weighted by Crippen LogP contribution is 2.12. The molecule has 4 nitrogen and oxygen atoms in total. The zero-order chi connectivity index (χ0) is 12.3. The van der Waals surface area contributed by atoms with Crippen molar-refractivity contribution >= 4 is 27.5 Å². The Morgan fingerprint density at radius 1 is 1.29 bits per heavy atom. The number of nitrogens with one attached hydrogen (secondary N) is 1. The van der Waals surface area contributed by atoms with Crippen molar-refractivity contribution in [3.8, 4) is 0 Å². The quantitative estimate of drug-likeness (QED) is 0.867. The lowest BCUT2D eigenvalue weighted by Gasteiger charge is -2.04. The Hall–Kier alpha value is -1.82. The molecule has 17 heavy (non-hydrogen) atoms. The Kier molecular flexibility index (Phi) is 3.43. The van der Waals surface area contributed by atoms with E-state index in [9.17, 15) is 9.18 Å². The average Bonchev–Trinajstić information content (AvgIpc) is 2.32. The van der Waals surface area contributed by atoms with Crippen LogP contribution < -0.4 is 5.32 Å². The number of rotatable bonds is 2. The van der Waals surface area contributed by atoms with Crippen LogP contribution in [0.5, 0.6) is 0 Å². The van der Waals surface area contributed by atoms with Crippen molar-refractivity contribution in [1.29, 1.82) is 0 Å². The summed E-state index contributed by atoms with van der Waals surface area (Å²) >= 11 is 3.18. The summed E-state index contributed by atoms with van der Waals surface area (Å²) < 4.78 is 13.5. The first-order valence-corrected chi connectivity index (χ1v) is 5.49. The number of nitrogens with zero attached hydrogens (tertiary/aromatic N) is 2. The van der Waals surface area contributed by atoms with Crippen molar-refractivity contribution in [2.75, 3.05) is 5.32 Å². The predicted octanol–water partition coefficient (Wildman–Crippen LogP) is 2.63. The van der Waals surface area contributed by atoms with Crippen LogP contribution in [0.25, 0.3) is 0 Å². The summed E-state index contributed by atoms with van der Waals surface area (Å²) in [4.78, 5) is 19.0. The predicted molar refractivity (Wildman–Crippen MR) is 64.1 cm³/mol. The third-order valence-corrected chi connectivity index (χ3v) is 2.44. The number of carbonyl (C=O) groups excluding carboxylic acids is 1. The van der Waals surface area contributed by atoms with Crippen molar-refractivity contribution < 1.29 is 9.18 Å². The van der Waals surface area contributed by atoms with Crippen LogP contribution in [0.15, 0.2) is 41.3 Å². The Labute approximate surface area is 105 Å². The molecule has 1 amide bonds. The number of amides is 1. The molecule has 0 fully saturated rings. The molecule has 0 radical (unpaired) electrons. The number of aromatic nitrogens is 2. The second kappa shape index (κ2) is 5.01. The Morgan fingerprint density at radius 3 is 2.76 bits per heavy atom. The van der Waals surface area contributed by atoms with Gasteiger partial charge in [-0.3, -0.25) is 4.79 Å². The molecule has 0 aliphatic heterocycles. The highest BCUT2D eigenvalue weighted by Gasteiger charge is 2.07. The first-order chi connectivity index (χ1) is 8.15. The van der Waals surface area contributed by atoms with Gasteiger partial charge >= 0.3 is 0 Å². The van der Waals surface area contributed by atoms with Crippen LogP contribution in [0, 0.1) is 5.95 Å². The van der Waals surface area contributed by atoms with Crippen LogP contribution in [0.3, 0.4) is 0 Å². The van der Waals surface area contributed by atoms with Crippen LogP contribution in [0.1, 0.15) is 10.4 Å². The van der Waals surface area contributed by atoms with E-state index in [0.29, 0.717) is 10.3 Å². The van der Waals surface area contributed by atoms with Gasteiger partial charge in [-0.25, -0.2) is 9.97 Å². The number of anilines is 1. The molecule has 2 rings (SSSR count). The molecule has 0 saturated carbocycles. The fraction of sp³-hybridized carbons (Fsp3) is 0. The summed E-state index contributed by atoms with van der Waals surface area (Å²) in [5, 5.41) is 2.60. The van der Waals surface area contributed by atoms with Crippen molar-refractivity contribution in [1.82, 2.24) is 9.97 Å². The van der Waals surface area contributed by atoms with Gasteiger partial charge in [-0.05, 0) is 34.1 Å². The molecule has 2 aromatic heterocycles. The first kappa shape index (κ1) is 11.7. The van der Waals surface area contributed by atoms with E-state index in [-0.39, 0.29) is 5.56 Å². The number of halogens is 2. The Balaban J connectivity index is 2.14. The SMILES string of the molecule is O=C(Nc1ccc(Br)nc1)c1ccnc(F)c1. The highest BCUT2D eigenvalue weighted by molar-refractivity contribution is 9.10. The molecule has 0 aliphatic rings. The lowest BCUT2D eigenvalue weighted by molar-refractivity contribution is 0.102. The van der Waals surface area contributed by atoms with E-state index < -0.39 is 11.9 Å². The van der Waals surface area contributed by atoms with Crippen molar-refractivity contribution in [2.45, 2.75) is 0 Å². The minimum Gasteiger partial charge on any atom is -0.321 e. The van der Waals surface area contributed by atoms with E-state index in [4.69, 9.17) is 0 Å². The molecule has 0 spiro atoms. The van der Waals surface area contributed by atoms with Crippen molar-refractivity contribution in [2.24, 2.45) is 0 Å². The third kappa shape index (κ3) is 3.07. The first-order valence-electron chi connectivity index (χ1n) is 4.69. The van der Waals surface area contributed by atoms with Gasteiger partial charge < -0.3 is 5.32 Å². The van der Waals surface area contributed by atoms with E-state index in [1.165, 1.54) is 18.5 Å². The zero-order valence-corrected chi connectivity index (χ0v) is 10.1. The largest absolute Gasteiger partial charge is 0.321 e. The van der Waals surface area contributed by atoms with E-state index >= 15 is 0 Å².